The van der Waals surface area contributed by atoms with E-state index in [1.54, 1.807) is 0 Å². The lowest BCUT2D eigenvalue weighted by Gasteiger charge is -1.98. The zero-order valence-corrected chi connectivity index (χ0v) is 9.33. The Hall–Kier alpha value is -2.70. The number of nitrogens with one attached hydrogen (secondary N) is 2. The van der Waals surface area contributed by atoms with Gasteiger partial charge in [0.1, 0.15) is 5.71 Å². The molecule has 0 bridgehead atoms. The maximum absolute atomic E-state index is 9.02. The van der Waals surface area contributed by atoms with Crippen LogP contribution in [0, 0.1) is 0 Å². The predicted octanol–water partition coefficient (Wildman–Crippen LogP) is 1.10. The van der Waals surface area contributed by atoms with Gasteiger partial charge < -0.3 is 10.2 Å². The number of para-hydroxylation sites is 1. The van der Waals surface area contributed by atoms with Crippen LogP contribution in [0.5, 0.6) is 0 Å². The molecule has 0 radical (unpaired) electrons. The van der Waals surface area contributed by atoms with Crippen molar-refractivity contribution in [3.8, 4) is 0 Å². The lowest BCUT2D eigenvalue weighted by atomic mass is 10.1. The topological polar surface area (TPSA) is 103 Å². The van der Waals surface area contributed by atoms with Gasteiger partial charge >= 0.3 is 0 Å². The summed E-state index contributed by atoms with van der Waals surface area (Å²) in [6.07, 6.45) is 2.32. The van der Waals surface area contributed by atoms with Gasteiger partial charge in [-0.25, -0.2) is 0 Å². The third kappa shape index (κ3) is 1.71. The highest BCUT2D eigenvalue weighted by Crippen LogP contribution is 2.19. The zero-order chi connectivity index (χ0) is 12.4. The summed E-state index contributed by atoms with van der Waals surface area (Å²) < 4.78 is 0. The Morgan fingerprint density at radius 3 is 3.00 bits per heavy atom. The quantitative estimate of drug-likeness (QED) is 0.363. The van der Waals surface area contributed by atoms with Gasteiger partial charge in [-0.3, -0.25) is 0 Å². The molecule has 0 saturated carbocycles. The number of tetrazole rings is 1. The molecule has 2 heterocycles. The Bertz CT molecular complexity index is 684. The van der Waals surface area contributed by atoms with Gasteiger partial charge in [0.05, 0.1) is 0 Å². The lowest BCUT2D eigenvalue weighted by molar-refractivity contribution is 0.318. The number of benzene rings is 1. The summed E-state index contributed by atoms with van der Waals surface area (Å²) in [7, 11) is 0. The maximum atomic E-state index is 9.02. The van der Waals surface area contributed by atoms with Gasteiger partial charge in [0, 0.05) is 23.5 Å². The highest BCUT2D eigenvalue weighted by molar-refractivity contribution is 6.00. The minimum absolute atomic E-state index is 0.294. The van der Waals surface area contributed by atoms with Gasteiger partial charge in [0.25, 0.3) is 0 Å². The van der Waals surface area contributed by atoms with E-state index in [0.29, 0.717) is 18.0 Å². The fourth-order valence-corrected chi connectivity index (χ4v) is 1.90. The van der Waals surface area contributed by atoms with E-state index in [9.17, 15) is 0 Å². The molecule has 0 aliphatic rings. The van der Waals surface area contributed by atoms with Crippen LogP contribution < -0.4 is 0 Å². The van der Waals surface area contributed by atoms with E-state index in [4.69, 9.17) is 5.21 Å². The Kier molecular flexibility index (Phi) is 2.49. The first-order valence-electron chi connectivity index (χ1n) is 5.38. The molecule has 0 amide bonds. The summed E-state index contributed by atoms with van der Waals surface area (Å²) in [6.45, 7) is 0. The molecular weight excluding hydrogens is 232 g/mol. The number of hydrogen-bond donors (Lipinski definition) is 3. The van der Waals surface area contributed by atoms with E-state index in [1.165, 1.54) is 0 Å². The average Bonchev–Trinajstić information content (AvgIpc) is 3.06. The average molecular weight is 242 g/mol. The fraction of sp³-hybridized carbons (Fsp3) is 0.0909. The van der Waals surface area contributed by atoms with Crippen LogP contribution in [-0.2, 0) is 6.42 Å². The normalized spacial score (nSPS) is 12.1. The number of aromatic nitrogens is 5. The number of oxime groups is 1. The third-order valence-electron chi connectivity index (χ3n) is 2.76. The SMILES string of the molecule is O/N=C(/Cc1c[nH]c2ccccc12)c1nn[nH]n1. The van der Waals surface area contributed by atoms with Crippen molar-refractivity contribution in [2.45, 2.75) is 6.42 Å². The van der Waals surface area contributed by atoms with E-state index < -0.39 is 0 Å². The van der Waals surface area contributed by atoms with Gasteiger partial charge in [-0.05, 0) is 16.8 Å². The summed E-state index contributed by atoms with van der Waals surface area (Å²) in [4.78, 5) is 3.16. The first-order chi connectivity index (χ1) is 8.88. The minimum Gasteiger partial charge on any atom is -0.411 e. The van der Waals surface area contributed by atoms with Crippen LogP contribution in [0.15, 0.2) is 35.6 Å². The number of H-pyrrole nitrogens is 2. The molecule has 0 fully saturated rings. The molecular formula is C11H10N6O. The van der Waals surface area contributed by atoms with Crippen LogP contribution in [0.25, 0.3) is 10.9 Å². The minimum atomic E-state index is 0.294. The number of fused-ring (bicyclic) bond motifs is 1. The van der Waals surface area contributed by atoms with Crippen molar-refractivity contribution < 1.29 is 5.21 Å². The maximum Gasteiger partial charge on any atom is 0.222 e. The molecule has 3 N–H and O–H groups in total. The summed E-state index contributed by atoms with van der Waals surface area (Å²) in [5.74, 6) is 0.294. The molecule has 18 heavy (non-hydrogen) atoms. The smallest absolute Gasteiger partial charge is 0.222 e. The van der Waals surface area contributed by atoms with Crippen LogP contribution in [0.4, 0.5) is 0 Å². The summed E-state index contributed by atoms with van der Waals surface area (Å²) in [6, 6.07) is 7.92. The monoisotopic (exact) mass is 242 g/mol. The molecule has 0 atom stereocenters. The Morgan fingerprint density at radius 1 is 1.33 bits per heavy atom. The highest BCUT2D eigenvalue weighted by atomic mass is 16.4. The second kappa shape index (κ2) is 4.28. The van der Waals surface area contributed by atoms with Gasteiger partial charge in [-0.1, -0.05) is 23.4 Å². The molecule has 3 rings (SSSR count). The second-order valence-corrected chi connectivity index (χ2v) is 3.82. The summed E-state index contributed by atoms with van der Waals surface area (Å²) in [5.41, 5.74) is 2.43. The zero-order valence-electron chi connectivity index (χ0n) is 9.33. The summed E-state index contributed by atoms with van der Waals surface area (Å²) >= 11 is 0. The number of nitrogens with zero attached hydrogens (tertiary/aromatic N) is 4. The molecule has 7 heteroatoms. The van der Waals surface area contributed by atoms with Crippen LogP contribution >= 0.6 is 0 Å². The van der Waals surface area contributed by atoms with Crippen molar-refractivity contribution in [3.63, 3.8) is 0 Å². The molecule has 0 spiro atoms. The second-order valence-electron chi connectivity index (χ2n) is 3.82. The molecule has 7 nitrogen and oxygen atoms in total. The van der Waals surface area contributed by atoms with Gasteiger partial charge in [-0.15, -0.1) is 10.2 Å². The molecule has 1 aromatic carbocycles. The van der Waals surface area contributed by atoms with Crippen LogP contribution in [0.3, 0.4) is 0 Å². The van der Waals surface area contributed by atoms with E-state index in [0.717, 1.165) is 16.5 Å². The molecule has 0 aliphatic heterocycles. The largest absolute Gasteiger partial charge is 0.411 e. The van der Waals surface area contributed by atoms with Gasteiger partial charge in [0.2, 0.25) is 5.82 Å². The molecule has 90 valence electrons. The molecule has 3 aromatic rings. The van der Waals surface area contributed by atoms with Crippen molar-refractivity contribution >= 4 is 16.6 Å². The predicted molar refractivity (Wildman–Crippen MR) is 64.5 cm³/mol. The first kappa shape index (κ1) is 10.5. The molecule has 2 aromatic heterocycles. The Morgan fingerprint density at radius 2 is 2.22 bits per heavy atom. The summed E-state index contributed by atoms with van der Waals surface area (Å²) in [5, 5.41) is 26.7. The first-order valence-corrected chi connectivity index (χ1v) is 5.38. The third-order valence-corrected chi connectivity index (χ3v) is 2.76. The van der Waals surface area contributed by atoms with E-state index >= 15 is 0 Å². The van der Waals surface area contributed by atoms with Crippen molar-refractivity contribution in [2.24, 2.45) is 5.16 Å². The number of hydrogen-bond acceptors (Lipinski definition) is 5. The highest BCUT2D eigenvalue weighted by Gasteiger charge is 2.13. The molecule has 0 aliphatic carbocycles. The van der Waals surface area contributed by atoms with Crippen molar-refractivity contribution in [1.29, 1.82) is 0 Å². The number of rotatable bonds is 3. The number of aromatic amines is 2. The van der Waals surface area contributed by atoms with E-state index in [1.807, 2.05) is 30.5 Å². The molecule has 0 saturated heterocycles. The van der Waals surface area contributed by atoms with Crippen molar-refractivity contribution in [3.05, 3.63) is 41.9 Å². The van der Waals surface area contributed by atoms with Crippen LogP contribution in [0.1, 0.15) is 11.4 Å². The van der Waals surface area contributed by atoms with Gasteiger partial charge in [0.15, 0.2) is 0 Å². The van der Waals surface area contributed by atoms with Crippen molar-refractivity contribution in [1.82, 2.24) is 25.6 Å². The van der Waals surface area contributed by atoms with E-state index in [2.05, 4.69) is 30.8 Å². The standard InChI is InChI=1S/C11H10N6O/c18-15-10(11-13-16-17-14-11)5-7-6-12-9-4-2-1-3-8(7)9/h1-4,6,12,18H,5H2,(H,13,14,16,17)/b15-10-. The van der Waals surface area contributed by atoms with Crippen molar-refractivity contribution in [2.75, 3.05) is 0 Å². The van der Waals surface area contributed by atoms with Gasteiger partial charge in [-0.2, -0.15) is 5.21 Å². The molecule has 0 unspecified atom stereocenters. The van der Waals surface area contributed by atoms with E-state index in [-0.39, 0.29) is 0 Å². The Balaban J connectivity index is 1.97. The van der Waals surface area contributed by atoms with Crippen LogP contribution in [0.2, 0.25) is 0 Å². The fourth-order valence-electron chi connectivity index (χ4n) is 1.90. The Labute approximate surface area is 102 Å². The lowest BCUT2D eigenvalue weighted by Crippen LogP contribution is -2.07. The van der Waals surface area contributed by atoms with Crippen LogP contribution in [-0.4, -0.2) is 36.5 Å².